The zero-order valence-corrected chi connectivity index (χ0v) is 17.9. The van der Waals surface area contributed by atoms with Crippen LogP contribution in [0.1, 0.15) is 43.4 Å². The third-order valence-corrected chi connectivity index (χ3v) is 4.90. The minimum absolute atomic E-state index is 0.747. The van der Waals surface area contributed by atoms with Crippen LogP contribution in [0.4, 0.5) is 0 Å². The van der Waals surface area contributed by atoms with Crippen molar-refractivity contribution in [3.63, 3.8) is 0 Å². The van der Waals surface area contributed by atoms with Crippen LogP contribution in [-0.2, 0) is 17.5 Å². The van der Waals surface area contributed by atoms with E-state index in [0.29, 0.717) is 0 Å². The number of rotatable bonds is 7. The summed E-state index contributed by atoms with van der Waals surface area (Å²) >= 11 is 0. The Morgan fingerprint density at radius 1 is 1.03 bits per heavy atom. The first-order valence-electron chi connectivity index (χ1n) is 10.3. The molecule has 0 amide bonds. The molecule has 4 heteroatoms. The molecule has 0 fully saturated rings. The van der Waals surface area contributed by atoms with Gasteiger partial charge < -0.3 is 4.74 Å². The predicted molar refractivity (Wildman–Crippen MR) is 121 cm³/mol. The molecule has 1 heterocycles. The zero-order valence-electron chi connectivity index (χ0n) is 17.9. The number of aromatic nitrogens is 1. The van der Waals surface area contributed by atoms with Gasteiger partial charge in [0.05, 0.1) is 12.8 Å². The number of unbranched alkanes of at least 4 members (excludes halogenated alkanes) is 1. The fourth-order valence-electron chi connectivity index (χ4n) is 3.10. The second kappa shape index (κ2) is 12.0. The molecule has 0 aliphatic heterocycles. The first-order chi connectivity index (χ1) is 14.1. The number of hydrogen-bond acceptors (Lipinski definition) is 3. The van der Waals surface area contributed by atoms with E-state index in [0.717, 1.165) is 36.9 Å². The molecule has 0 aliphatic rings. The van der Waals surface area contributed by atoms with Crippen molar-refractivity contribution in [2.24, 2.45) is 0 Å². The summed E-state index contributed by atoms with van der Waals surface area (Å²) in [6.45, 7) is 6.41. The second-order valence-corrected chi connectivity index (χ2v) is 7.01. The Bertz CT molecular complexity index is 907. The van der Waals surface area contributed by atoms with Gasteiger partial charge >= 0.3 is 60.5 Å². The van der Waals surface area contributed by atoms with Gasteiger partial charge in [-0.1, -0.05) is 19.4 Å². The molecule has 0 radical (unpaired) electrons. The van der Waals surface area contributed by atoms with Crippen LogP contribution in [-0.4, -0.2) is 19.2 Å². The average molecular weight is 387 g/mol. The molecule has 0 saturated carbocycles. The monoisotopic (exact) mass is 387 g/mol. The third kappa shape index (κ3) is 6.67. The Morgan fingerprint density at radius 2 is 1.79 bits per heavy atom. The molecule has 3 rings (SSSR count). The molecule has 1 aromatic heterocycles. The molecule has 3 aromatic rings. The Hall–Kier alpha value is -2.75. The fourth-order valence-corrected chi connectivity index (χ4v) is 3.10. The molecule has 2 aromatic carbocycles. The summed E-state index contributed by atoms with van der Waals surface area (Å²) in [5, 5.41) is 0. The molecule has 150 valence electrons. The molecule has 0 N–H and O–H groups in total. The van der Waals surface area contributed by atoms with Crippen molar-refractivity contribution < 1.29 is 9.44 Å². The van der Waals surface area contributed by atoms with Crippen LogP contribution in [0.25, 0.3) is 11.3 Å². The standard InChI is InChI=1S/C17H21NO.C8H9BO/c1-4-5-8-14-12-15(19-3)9-10-16(14)17-13(2)7-6-11-18-17;1-2-7-3-5-8(9-10)6-4-7/h6-7,9-12H,4-5,8H2,1-3H3;3-6H,2H2,1H3. The van der Waals surface area contributed by atoms with Crippen molar-refractivity contribution in [1.82, 2.24) is 4.98 Å². The maximum atomic E-state index is 10.2. The Morgan fingerprint density at radius 3 is 2.38 bits per heavy atom. The van der Waals surface area contributed by atoms with Crippen molar-refractivity contribution in [3.8, 4) is 17.0 Å². The summed E-state index contributed by atoms with van der Waals surface area (Å²) in [5.41, 5.74) is 6.86. The van der Waals surface area contributed by atoms with Gasteiger partial charge in [-0.3, -0.25) is 4.98 Å². The summed E-state index contributed by atoms with van der Waals surface area (Å²) < 4.78 is 15.5. The normalized spacial score (nSPS) is 9.93. The molecular weight excluding hydrogens is 357 g/mol. The van der Waals surface area contributed by atoms with Gasteiger partial charge in [-0.05, 0) is 55.2 Å². The van der Waals surface area contributed by atoms with Crippen LogP contribution < -0.4 is 10.2 Å². The maximum absolute atomic E-state index is 10.2. The van der Waals surface area contributed by atoms with E-state index in [1.54, 1.807) is 7.11 Å². The number of pyridine rings is 1. The SMILES string of the molecule is CCCCc1cc(OC)ccc1-c1ncccc1C.CCc1ccc(B=O)cc1. The van der Waals surface area contributed by atoms with Gasteiger partial charge in [-0.15, -0.1) is 0 Å². The van der Waals surface area contributed by atoms with Gasteiger partial charge in [-0.25, -0.2) is 0 Å². The fraction of sp³-hybridized carbons (Fsp3) is 0.320. The Kier molecular flexibility index (Phi) is 9.29. The second-order valence-electron chi connectivity index (χ2n) is 7.01. The summed E-state index contributed by atoms with van der Waals surface area (Å²) in [6, 6.07) is 18.0. The van der Waals surface area contributed by atoms with Crippen LogP contribution in [0.15, 0.2) is 60.8 Å². The first-order valence-corrected chi connectivity index (χ1v) is 10.3. The molecule has 0 saturated heterocycles. The summed E-state index contributed by atoms with van der Waals surface area (Å²) in [5.74, 6) is 0.920. The number of nitrogens with zero attached hydrogens (tertiary/aromatic N) is 1. The molecule has 3 nitrogen and oxygen atoms in total. The molecule has 0 unspecified atom stereocenters. The summed E-state index contributed by atoms with van der Waals surface area (Å²) in [4.78, 5) is 4.53. The quantitative estimate of drug-likeness (QED) is 0.514. The van der Waals surface area contributed by atoms with Crippen molar-refractivity contribution in [2.45, 2.75) is 46.5 Å². The molecular formula is C25H30BNO2. The summed E-state index contributed by atoms with van der Waals surface area (Å²) in [6.07, 6.45) is 6.33. The molecule has 0 atom stereocenters. The Balaban J connectivity index is 0.000000253. The number of aryl methyl sites for hydroxylation is 3. The van der Waals surface area contributed by atoms with Crippen molar-refractivity contribution in [3.05, 3.63) is 77.5 Å². The molecule has 0 bridgehead atoms. The van der Waals surface area contributed by atoms with E-state index in [2.05, 4.69) is 44.0 Å². The van der Waals surface area contributed by atoms with Crippen LogP contribution in [0.5, 0.6) is 5.75 Å². The van der Waals surface area contributed by atoms with Crippen LogP contribution >= 0.6 is 0 Å². The van der Waals surface area contributed by atoms with Crippen molar-refractivity contribution in [1.29, 1.82) is 0 Å². The van der Waals surface area contributed by atoms with Crippen molar-refractivity contribution >= 4 is 12.6 Å². The van der Waals surface area contributed by atoms with E-state index in [1.807, 2.05) is 42.6 Å². The van der Waals surface area contributed by atoms with Gasteiger partial charge in [0.15, 0.2) is 0 Å². The van der Waals surface area contributed by atoms with Crippen molar-refractivity contribution in [2.75, 3.05) is 7.11 Å². The van der Waals surface area contributed by atoms with Crippen LogP contribution in [0.3, 0.4) is 0 Å². The van der Waals surface area contributed by atoms with E-state index in [1.165, 1.54) is 35.1 Å². The van der Waals surface area contributed by atoms with E-state index in [-0.39, 0.29) is 0 Å². The number of hydrogen-bond donors (Lipinski definition) is 0. The number of methoxy groups -OCH3 is 1. The summed E-state index contributed by atoms with van der Waals surface area (Å²) in [7, 11) is 2.57. The minimum atomic E-state index is 0.747. The van der Waals surface area contributed by atoms with E-state index in [4.69, 9.17) is 4.74 Å². The predicted octanol–water partition coefficient (Wildman–Crippen LogP) is 5.33. The molecule has 0 spiro atoms. The van der Waals surface area contributed by atoms with Gasteiger partial charge in [-0.2, -0.15) is 0 Å². The van der Waals surface area contributed by atoms with Gasteiger partial charge in [0.25, 0.3) is 0 Å². The van der Waals surface area contributed by atoms with E-state index < -0.39 is 0 Å². The van der Waals surface area contributed by atoms with E-state index >= 15 is 0 Å². The van der Waals surface area contributed by atoms with Crippen LogP contribution in [0, 0.1) is 6.92 Å². The third-order valence-electron chi connectivity index (χ3n) is 4.90. The molecule has 29 heavy (non-hydrogen) atoms. The Labute approximate surface area is 175 Å². The first kappa shape index (κ1) is 22.5. The number of ether oxygens (including phenoxy) is 1. The topological polar surface area (TPSA) is 39.2 Å². The van der Waals surface area contributed by atoms with E-state index in [9.17, 15) is 4.70 Å². The van der Waals surface area contributed by atoms with Gasteiger partial charge in [0, 0.05) is 11.8 Å². The van der Waals surface area contributed by atoms with Gasteiger partial charge in [0.2, 0.25) is 0 Å². The van der Waals surface area contributed by atoms with Crippen LogP contribution in [0.2, 0.25) is 0 Å². The average Bonchev–Trinajstić information content (AvgIpc) is 2.78. The molecule has 0 aliphatic carbocycles. The number of benzene rings is 2. The zero-order chi connectivity index (χ0) is 21.1. The van der Waals surface area contributed by atoms with Gasteiger partial charge in [0.1, 0.15) is 5.75 Å².